The van der Waals surface area contributed by atoms with E-state index in [9.17, 15) is 14.7 Å². The predicted octanol–water partition coefficient (Wildman–Crippen LogP) is 25.2. The van der Waals surface area contributed by atoms with E-state index >= 15 is 0 Å². The molecule has 0 aromatic heterocycles. The lowest BCUT2D eigenvalue weighted by atomic mass is 10.0. The number of unbranched alkanes of at least 4 members (excludes halogenated alkanes) is 45. The van der Waals surface area contributed by atoms with E-state index < -0.39 is 6.10 Å². The van der Waals surface area contributed by atoms with Crippen LogP contribution in [0, 0.1) is 0 Å². The zero-order valence-electron chi connectivity index (χ0n) is 54.8. The molecule has 1 N–H and O–H groups in total. The van der Waals surface area contributed by atoms with E-state index in [2.05, 4.69) is 98.9 Å². The maximum atomic E-state index is 12.4. The molecule has 0 aromatic rings. The van der Waals surface area contributed by atoms with Gasteiger partial charge in [-0.3, -0.25) is 9.59 Å². The Balaban J connectivity index is 3.43. The zero-order valence-corrected chi connectivity index (χ0v) is 54.8. The molecule has 0 amide bonds. The van der Waals surface area contributed by atoms with Crippen LogP contribution in [0.3, 0.4) is 0 Å². The SMILES string of the molecule is CC/C=C\C/C=C\C/C=C\C/C=C\C/C=C\C/C=C\C/C=C\CCCCCCCCCCCC(=O)OC(CO)COC(=O)CCCCCCCCCCCCCCCCCCCCCCCCCCCCCCCCCCCCCCC. The molecule has 0 radical (unpaired) electrons. The first-order chi connectivity index (χ1) is 40.6. The van der Waals surface area contributed by atoms with Crippen LogP contribution in [0.1, 0.15) is 373 Å². The molecule has 0 saturated carbocycles. The Morgan fingerprint density at radius 1 is 0.293 bits per heavy atom. The minimum atomic E-state index is -0.780. The van der Waals surface area contributed by atoms with E-state index in [1.165, 1.54) is 257 Å². The first-order valence-corrected chi connectivity index (χ1v) is 36.1. The maximum absolute atomic E-state index is 12.4. The molecule has 1 atom stereocenters. The molecule has 0 rings (SSSR count). The molecule has 0 bridgehead atoms. The van der Waals surface area contributed by atoms with Gasteiger partial charge in [0, 0.05) is 12.8 Å². The second-order valence-electron chi connectivity index (χ2n) is 24.3. The van der Waals surface area contributed by atoms with Crippen LogP contribution in [0.5, 0.6) is 0 Å². The second kappa shape index (κ2) is 72.3. The highest BCUT2D eigenvalue weighted by Gasteiger charge is 2.16. The van der Waals surface area contributed by atoms with Crippen LogP contribution in [-0.2, 0) is 19.1 Å². The average molecular weight is 1140 g/mol. The molecule has 5 heteroatoms. The summed E-state index contributed by atoms with van der Waals surface area (Å²) in [4.78, 5) is 24.7. The van der Waals surface area contributed by atoms with E-state index in [1.807, 2.05) is 0 Å². The molecule has 0 heterocycles. The van der Waals surface area contributed by atoms with E-state index in [4.69, 9.17) is 9.47 Å². The number of hydrogen-bond acceptors (Lipinski definition) is 5. The molecule has 1 unspecified atom stereocenters. The van der Waals surface area contributed by atoms with E-state index in [-0.39, 0.29) is 25.2 Å². The Bertz CT molecular complexity index is 1480. The average Bonchev–Trinajstić information content (AvgIpc) is 3.49. The van der Waals surface area contributed by atoms with Crippen LogP contribution >= 0.6 is 0 Å². The van der Waals surface area contributed by atoms with Crippen molar-refractivity contribution in [2.24, 2.45) is 0 Å². The predicted molar refractivity (Wildman–Crippen MR) is 362 cm³/mol. The summed E-state index contributed by atoms with van der Waals surface area (Å²) < 4.78 is 10.8. The highest BCUT2D eigenvalue weighted by Crippen LogP contribution is 2.19. The largest absolute Gasteiger partial charge is 0.462 e. The summed E-state index contributed by atoms with van der Waals surface area (Å²) >= 11 is 0. The molecular formula is C77H138O5. The normalized spacial score (nSPS) is 12.7. The smallest absolute Gasteiger partial charge is 0.306 e. The Hall–Kier alpha value is -2.92. The van der Waals surface area contributed by atoms with Crippen LogP contribution in [0.2, 0.25) is 0 Å². The molecule has 0 aliphatic heterocycles. The zero-order chi connectivity index (χ0) is 59.1. The van der Waals surface area contributed by atoms with Crippen molar-refractivity contribution in [3.8, 4) is 0 Å². The van der Waals surface area contributed by atoms with E-state index in [0.29, 0.717) is 12.8 Å². The minimum absolute atomic E-state index is 0.0681. The number of ether oxygens (including phenoxy) is 2. The lowest BCUT2D eigenvalue weighted by molar-refractivity contribution is -0.161. The van der Waals surface area contributed by atoms with Gasteiger partial charge >= 0.3 is 11.9 Å². The number of rotatable bonds is 67. The van der Waals surface area contributed by atoms with Gasteiger partial charge < -0.3 is 14.6 Å². The molecule has 0 fully saturated rings. The van der Waals surface area contributed by atoms with Crippen LogP contribution in [-0.4, -0.2) is 36.4 Å². The van der Waals surface area contributed by atoms with Crippen molar-refractivity contribution in [3.63, 3.8) is 0 Å². The van der Waals surface area contributed by atoms with Gasteiger partial charge in [0.15, 0.2) is 6.10 Å². The fourth-order valence-corrected chi connectivity index (χ4v) is 10.8. The third kappa shape index (κ3) is 69.6. The quantitative estimate of drug-likeness (QED) is 0.0373. The Morgan fingerprint density at radius 3 is 0.793 bits per heavy atom. The summed E-state index contributed by atoms with van der Waals surface area (Å²) in [5.41, 5.74) is 0. The maximum Gasteiger partial charge on any atom is 0.306 e. The highest BCUT2D eigenvalue weighted by molar-refractivity contribution is 5.70. The molecular weight excluding hydrogens is 1000 g/mol. The Kier molecular flexibility index (Phi) is 69.8. The van der Waals surface area contributed by atoms with Gasteiger partial charge in [-0.15, -0.1) is 0 Å². The number of aliphatic hydroxyl groups excluding tert-OH is 1. The Morgan fingerprint density at radius 2 is 0.524 bits per heavy atom. The van der Waals surface area contributed by atoms with Gasteiger partial charge in [-0.1, -0.05) is 375 Å². The standard InChI is InChI=1S/C77H138O5/c1-3-5-7-9-11-13-15-17-19-21-23-25-27-29-31-33-35-36-37-38-39-40-42-43-45-47-49-51-53-55-57-59-61-63-65-67-69-71-76(79)81-74-75(73-78)82-77(80)72-70-68-66-64-62-60-58-56-54-52-50-48-46-44-41-34-32-30-28-26-24-22-20-18-16-14-12-10-8-6-4-2/h6,8,12,14,18,20,24,26,30,32,41,44,48,50,75,78H,3-5,7,9-11,13,15-17,19,21-23,25,27-29,31,33-40,42-43,45-47,49,51-74H2,1-2H3/b8-6-,14-12-,20-18-,26-24-,32-30-,44-41-,50-48-. The number of esters is 2. The first-order valence-electron chi connectivity index (χ1n) is 36.1. The fourth-order valence-electron chi connectivity index (χ4n) is 10.8. The van der Waals surface area contributed by atoms with Gasteiger partial charge in [-0.2, -0.15) is 0 Å². The number of allylic oxidation sites excluding steroid dienone is 14. The first kappa shape index (κ1) is 79.1. The number of carbonyl (C=O) groups excluding carboxylic acids is 2. The van der Waals surface area contributed by atoms with Gasteiger partial charge in [-0.25, -0.2) is 0 Å². The molecule has 0 aliphatic carbocycles. The lowest BCUT2D eigenvalue weighted by Crippen LogP contribution is -2.28. The number of aliphatic hydroxyl groups is 1. The van der Waals surface area contributed by atoms with Gasteiger partial charge in [0.2, 0.25) is 0 Å². The molecule has 0 aromatic carbocycles. The van der Waals surface area contributed by atoms with E-state index in [1.54, 1.807) is 0 Å². The lowest BCUT2D eigenvalue weighted by Gasteiger charge is -2.15. The van der Waals surface area contributed by atoms with Gasteiger partial charge in [0.25, 0.3) is 0 Å². The monoisotopic (exact) mass is 1140 g/mol. The van der Waals surface area contributed by atoms with Crippen molar-refractivity contribution in [1.82, 2.24) is 0 Å². The molecule has 476 valence electrons. The van der Waals surface area contributed by atoms with Crippen molar-refractivity contribution < 1.29 is 24.2 Å². The number of carbonyl (C=O) groups is 2. The van der Waals surface area contributed by atoms with Crippen molar-refractivity contribution in [1.29, 1.82) is 0 Å². The summed E-state index contributed by atoms with van der Waals surface area (Å²) in [6.07, 6.45) is 102. The molecule has 0 aliphatic rings. The molecule has 5 nitrogen and oxygen atoms in total. The third-order valence-electron chi connectivity index (χ3n) is 16.2. The molecule has 0 spiro atoms. The van der Waals surface area contributed by atoms with Gasteiger partial charge in [0.1, 0.15) is 6.61 Å². The Labute approximate surface area is 511 Å². The van der Waals surface area contributed by atoms with Crippen molar-refractivity contribution in [2.45, 2.75) is 380 Å². The van der Waals surface area contributed by atoms with Crippen molar-refractivity contribution in [3.05, 3.63) is 85.1 Å². The van der Waals surface area contributed by atoms with Crippen molar-refractivity contribution >= 4 is 11.9 Å². The summed E-state index contributed by atoms with van der Waals surface area (Å²) in [6.45, 7) is 4.07. The second-order valence-corrected chi connectivity index (χ2v) is 24.3. The van der Waals surface area contributed by atoms with Gasteiger partial charge in [-0.05, 0) is 70.6 Å². The summed E-state index contributed by atoms with van der Waals surface area (Å²) in [6, 6.07) is 0. The third-order valence-corrected chi connectivity index (χ3v) is 16.2. The summed E-state index contributed by atoms with van der Waals surface area (Å²) in [5.74, 6) is -0.585. The number of hydrogen-bond donors (Lipinski definition) is 1. The van der Waals surface area contributed by atoms with Crippen LogP contribution in [0.15, 0.2) is 85.1 Å². The minimum Gasteiger partial charge on any atom is -0.462 e. The summed E-state index contributed by atoms with van der Waals surface area (Å²) in [5, 5.41) is 9.71. The molecule has 0 saturated heterocycles. The van der Waals surface area contributed by atoms with Crippen LogP contribution in [0.4, 0.5) is 0 Å². The highest BCUT2D eigenvalue weighted by atomic mass is 16.6. The summed E-state index contributed by atoms with van der Waals surface area (Å²) in [7, 11) is 0. The van der Waals surface area contributed by atoms with Gasteiger partial charge in [0.05, 0.1) is 6.61 Å². The topological polar surface area (TPSA) is 72.8 Å². The van der Waals surface area contributed by atoms with Crippen molar-refractivity contribution in [2.75, 3.05) is 13.2 Å². The van der Waals surface area contributed by atoms with Crippen LogP contribution < -0.4 is 0 Å². The fraction of sp³-hybridized carbons (Fsp3) is 0.792. The van der Waals surface area contributed by atoms with Crippen LogP contribution in [0.25, 0.3) is 0 Å². The molecule has 82 heavy (non-hydrogen) atoms. The van der Waals surface area contributed by atoms with E-state index in [0.717, 1.165) is 89.9 Å².